The second-order valence-corrected chi connectivity index (χ2v) is 5.60. The van der Waals surface area contributed by atoms with E-state index >= 15 is 0 Å². The molecular weight excluding hydrogens is 259 g/mol. The maximum Gasteiger partial charge on any atom is 0.330 e. The Labute approximate surface area is 109 Å². The van der Waals surface area contributed by atoms with Crippen LogP contribution in [0.25, 0.3) is 0 Å². The summed E-state index contributed by atoms with van der Waals surface area (Å²) in [5.41, 5.74) is 0. The summed E-state index contributed by atoms with van der Waals surface area (Å²) in [6.07, 6.45) is 0.0460. The number of hydrogen-bond acceptors (Lipinski definition) is 5. The summed E-state index contributed by atoms with van der Waals surface area (Å²) in [6.45, 7) is 13.0. The van der Waals surface area contributed by atoms with Crippen molar-refractivity contribution >= 4 is 18.6 Å². The molecule has 0 bridgehead atoms. The van der Waals surface area contributed by atoms with Crippen LogP contribution in [0.15, 0.2) is 0 Å². The largest absolute Gasteiger partial charge is 0.399 e. The normalized spacial score (nSPS) is 10.9. The summed E-state index contributed by atoms with van der Waals surface area (Å²) in [4.78, 5) is 9.01. The van der Waals surface area contributed by atoms with E-state index in [1.54, 1.807) is 0 Å². The van der Waals surface area contributed by atoms with E-state index in [2.05, 4.69) is 0 Å². The Kier molecular flexibility index (Phi) is 16.9. The molecule has 0 fully saturated rings. The van der Waals surface area contributed by atoms with Crippen molar-refractivity contribution in [1.29, 1.82) is 0 Å². The third-order valence-corrected chi connectivity index (χ3v) is 3.53. The van der Waals surface area contributed by atoms with Gasteiger partial charge in [0.25, 0.3) is 0 Å². The second kappa shape index (κ2) is 14.5. The van der Waals surface area contributed by atoms with Crippen LogP contribution in [0, 0.1) is 0 Å². The Morgan fingerprint density at radius 2 is 1.29 bits per heavy atom. The molecule has 0 aliphatic heterocycles. The first-order valence-electron chi connectivity index (χ1n) is 5.91. The van der Waals surface area contributed by atoms with Crippen molar-refractivity contribution in [3.8, 4) is 0 Å². The molecule has 0 aromatic heterocycles. The van der Waals surface area contributed by atoms with Crippen LogP contribution in [0.1, 0.15) is 41.5 Å². The highest BCUT2D eigenvalue weighted by Crippen LogP contribution is 2.35. The Morgan fingerprint density at radius 3 is 1.53 bits per heavy atom. The smallest absolute Gasteiger partial charge is 0.330 e. The summed E-state index contributed by atoms with van der Waals surface area (Å²) in [5.74, 6) is 0. The fourth-order valence-electron chi connectivity index (χ4n) is 0.611. The van der Waals surface area contributed by atoms with E-state index in [0.29, 0.717) is 0 Å². The SMILES string of the molecule is CC(C)OP(O)OC(C)C.CCO[SiH2]OCC. The maximum absolute atomic E-state index is 9.01. The predicted molar refractivity (Wildman–Crippen MR) is 73.4 cm³/mol. The lowest BCUT2D eigenvalue weighted by Crippen LogP contribution is -2.03. The van der Waals surface area contributed by atoms with Gasteiger partial charge in [-0.05, 0) is 41.5 Å². The zero-order valence-corrected chi connectivity index (χ0v) is 14.1. The van der Waals surface area contributed by atoms with Crippen LogP contribution < -0.4 is 0 Å². The third-order valence-electron chi connectivity index (χ3n) is 1.18. The van der Waals surface area contributed by atoms with Gasteiger partial charge in [-0.3, -0.25) is 0 Å². The standard InChI is InChI=1S/C6H15O3P.C4H12O2Si/c1-5(2)8-10(7)9-6(3)4;1-3-5-7-6-4-2/h5-7H,1-4H3;3-4,7H2,1-2H3. The molecule has 0 radical (unpaired) electrons. The van der Waals surface area contributed by atoms with Gasteiger partial charge in [-0.15, -0.1) is 0 Å². The quantitative estimate of drug-likeness (QED) is 0.421. The number of rotatable bonds is 8. The number of hydrogen-bond donors (Lipinski definition) is 1. The summed E-state index contributed by atoms with van der Waals surface area (Å²) in [5, 5.41) is 0. The van der Waals surface area contributed by atoms with Gasteiger partial charge in [-0.25, -0.2) is 0 Å². The molecule has 0 aromatic rings. The molecule has 0 spiro atoms. The first-order valence-corrected chi connectivity index (χ1v) is 8.20. The Hall–Kier alpha value is 0.447. The lowest BCUT2D eigenvalue weighted by atomic mass is 10.5. The molecule has 17 heavy (non-hydrogen) atoms. The summed E-state index contributed by atoms with van der Waals surface area (Å²) >= 11 is 0. The van der Waals surface area contributed by atoms with Gasteiger partial charge in [0.05, 0.1) is 12.2 Å². The minimum absolute atomic E-state index is 0.0230. The molecule has 0 amide bonds. The molecule has 0 heterocycles. The molecule has 0 saturated heterocycles. The van der Waals surface area contributed by atoms with Crippen molar-refractivity contribution < 1.29 is 22.8 Å². The average Bonchev–Trinajstić information content (AvgIpc) is 2.16. The fraction of sp³-hybridized carbons (Fsp3) is 1.00. The molecule has 7 heteroatoms. The zero-order valence-electron chi connectivity index (χ0n) is 11.8. The van der Waals surface area contributed by atoms with Gasteiger partial charge < -0.3 is 22.8 Å². The summed E-state index contributed by atoms with van der Waals surface area (Å²) in [6, 6.07) is 0. The van der Waals surface area contributed by atoms with E-state index in [1.165, 1.54) is 0 Å². The van der Waals surface area contributed by atoms with Crippen LogP contribution in [0.5, 0.6) is 0 Å². The van der Waals surface area contributed by atoms with E-state index in [0.717, 1.165) is 13.2 Å². The topological polar surface area (TPSA) is 57.2 Å². The Morgan fingerprint density at radius 1 is 0.941 bits per heavy atom. The average molecular weight is 286 g/mol. The van der Waals surface area contributed by atoms with Gasteiger partial charge in [-0.1, -0.05) is 0 Å². The van der Waals surface area contributed by atoms with Crippen LogP contribution in [0.3, 0.4) is 0 Å². The van der Waals surface area contributed by atoms with Crippen molar-refractivity contribution in [2.45, 2.75) is 53.8 Å². The summed E-state index contributed by atoms with van der Waals surface area (Å²) in [7, 11) is -2.25. The van der Waals surface area contributed by atoms with Crippen molar-refractivity contribution in [3.63, 3.8) is 0 Å². The highest BCUT2D eigenvalue weighted by Gasteiger charge is 2.10. The molecule has 0 saturated carbocycles. The van der Waals surface area contributed by atoms with Crippen molar-refractivity contribution in [2.75, 3.05) is 13.2 Å². The van der Waals surface area contributed by atoms with Gasteiger partial charge in [0.2, 0.25) is 0 Å². The Balaban J connectivity index is 0. The van der Waals surface area contributed by atoms with Crippen LogP contribution in [0.2, 0.25) is 0 Å². The van der Waals surface area contributed by atoms with Gasteiger partial charge >= 0.3 is 18.6 Å². The van der Waals surface area contributed by atoms with E-state index in [-0.39, 0.29) is 12.2 Å². The van der Waals surface area contributed by atoms with E-state index in [9.17, 15) is 0 Å². The highest BCUT2D eigenvalue weighted by molar-refractivity contribution is 7.40. The maximum atomic E-state index is 9.01. The molecular formula is C10H27O5PSi. The van der Waals surface area contributed by atoms with Gasteiger partial charge in [-0.2, -0.15) is 0 Å². The summed E-state index contributed by atoms with van der Waals surface area (Å²) < 4.78 is 19.9. The molecule has 0 atom stereocenters. The minimum Gasteiger partial charge on any atom is -0.399 e. The van der Waals surface area contributed by atoms with Gasteiger partial charge in [0.1, 0.15) is 0 Å². The zero-order chi connectivity index (χ0) is 13.7. The van der Waals surface area contributed by atoms with Crippen LogP contribution in [-0.4, -0.2) is 40.3 Å². The first-order chi connectivity index (χ1) is 7.93. The van der Waals surface area contributed by atoms with Gasteiger partial charge in [0, 0.05) is 13.2 Å². The van der Waals surface area contributed by atoms with E-state index in [1.807, 2.05) is 41.5 Å². The molecule has 0 aliphatic carbocycles. The fourth-order valence-corrected chi connectivity index (χ4v) is 1.83. The predicted octanol–water partition coefficient (Wildman–Crippen LogP) is 2.11. The van der Waals surface area contributed by atoms with Crippen LogP contribution >= 0.6 is 8.60 Å². The molecule has 0 aromatic carbocycles. The lowest BCUT2D eigenvalue weighted by molar-refractivity contribution is 0.139. The molecule has 0 rings (SSSR count). The van der Waals surface area contributed by atoms with E-state index < -0.39 is 18.6 Å². The van der Waals surface area contributed by atoms with Crippen LogP contribution in [0.4, 0.5) is 0 Å². The molecule has 0 unspecified atom stereocenters. The van der Waals surface area contributed by atoms with Crippen LogP contribution in [-0.2, 0) is 17.9 Å². The van der Waals surface area contributed by atoms with Gasteiger partial charge in [0.15, 0.2) is 0 Å². The monoisotopic (exact) mass is 286 g/mol. The molecule has 5 nitrogen and oxygen atoms in total. The van der Waals surface area contributed by atoms with Crippen molar-refractivity contribution in [2.24, 2.45) is 0 Å². The molecule has 1 N–H and O–H groups in total. The highest BCUT2D eigenvalue weighted by atomic mass is 31.2. The molecule has 0 aliphatic rings. The second-order valence-electron chi connectivity index (χ2n) is 3.65. The first kappa shape index (κ1) is 19.8. The minimum atomic E-state index is -1.66. The molecule has 106 valence electrons. The van der Waals surface area contributed by atoms with Crippen molar-refractivity contribution in [3.05, 3.63) is 0 Å². The van der Waals surface area contributed by atoms with E-state index in [4.69, 9.17) is 22.8 Å². The van der Waals surface area contributed by atoms with Crippen molar-refractivity contribution in [1.82, 2.24) is 0 Å². The third kappa shape index (κ3) is 22.2. The Bertz CT molecular complexity index is 135. The lowest BCUT2D eigenvalue weighted by Gasteiger charge is -2.14.